The number of rotatable bonds is 10. The second-order valence-electron chi connectivity index (χ2n) is 14.2. The number of phenolic OH excluding ortho intramolecular Hbond substituents is 3. The number of aliphatic imine (C=N–C) groups is 4. The zero-order chi connectivity index (χ0) is 40.5. The number of aromatic hydroxyl groups is 3. The van der Waals surface area contributed by atoms with E-state index in [9.17, 15) is 20.1 Å². The third-order valence-corrected chi connectivity index (χ3v) is 10.2. The molecule has 4 aromatic carbocycles. The fraction of sp³-hybridized carbons (Fsp3) is 0.0816. The lowest BCUT2D eigenvalue weighted by Gasteiger charge is -2.13. The Hall–Kier alpha value is -7.85. The summed E-state index contributed by atoms with van der Waals surface area (Å²) in [5, 5.41) is 41.0. The van der Waals surface area contributed by atoms with E-state index in [1.165, 1.54) is 0 Å². The molecular weight excluding hydrogens is 741 g/mol. The Morgan fingerprint density at radius 1 is 0.458 bits per heavy atom. The predicted molar refractivity (Wildman–Crippen MR) is 232 cm³/mol. The monoisotopic (exact) mass is 776 g/mol. The van der Waals surface area contributed by atoms with Crippen molar-refractivity contribution in [3.8, 4) is 23.0 Å². The Bertz CT molecular complexity index is 2810. The number of nitrogens with zero attached hydrogens (tertiary/aromatic N) is 4. The van der Waals surface area contributed by atoms with E-state index in [1.54, 1.807) is 54.6 Å². The van der Waals surface area contributed by atoms with Gasteiger partial charge in [0.05, 0.1) is 52.2 Å². The quantitative estimate of drug-likeness (QED) is 0.118. The number of fused-ring (bicyclic) bond motifs is 4. The maximum Gasteiger partial charge on any atom is 0.303 e. The molecule has 0 spiro atoms. The molecular formula is C49H36N4O6. The minimum atomic E-state index is -0.832. The molecule has 59 heavy (non-hydrogen) atoms. The predicted octanol–water partition coefficient (Wildman–Crippen LogP) is 9.44. The zero-order valence-electron chi connectivity index (χ0n) is 31.6. The van der Waals surface area contributed by atoms with Gasteiger partial charge in [0.25, 0.3) is 0 Å². The number of ether oxygens (including phenoxy) is 1. The number of allylic oxidation sites excluding steroid dienone is 12. The number of benzene rings is 4. The second kappa shape index (κ2) is 15.6. The summed E-state index contributed by atoms with van der Waals surface area (Å²) < 4.78 is 6.10. The molecule has 288 valence electrons. The molecule has 5 aliphatic rings. The fourth-order valence-electron chi connectivity index (χ4n) is 7.56. The Kier molecular flexibility index (Phi) is 9.72. The first kappa shape index (κ1) is 36.8. The summed E-state index contributed by atoms with van der Waals surface area (Å²) in [6.45, 7) is 0.363. The van der Waals surface area contributed by atoms with E-state index >= 15 is 0 Å². The molecule has 8 bridgehead atoms. The van der Waals surface area contributed by atoms with Crippen LogP contribution in [0.25, 0.3) is 22.3 Å². The Morgan fingerprint density at radius 2 is 0.814 bits per heavy atom. The van der Waals surface area contributed by atoms with Crippen LogP contribution in [0, 0.1) is 0 Å². The Morgan fingerprint density at radius 3 is 1.17 bits per heavy atom. The molecule has 0 radical (unpaired) electrons. The summed E-state index contributed by atoms with van der Waals surface area (Å²) >= 11 is 0. The van der Waals surface area contributed by atoms with Crippen LogP contribution in [0.1, 0.15) is 41.5 Å². The van der Waals surface area contributed by atoms with Gasteiger partial charge in [0.2, 0.25) is 0 Å². The third-order valence-electron chi connectivity index (χ3n) is 10.2. The molecule has 5 aliphatic heterocycles. The largest absolute Gasteiger partial charge is 0.508 e. The van der Waals surface area contributed by atoms with E-state index in [1.807, 2.05) is 91.1 Å². The average molecular weight is 777 g/mol. The summed E-state index contributed by atoms with van der Waals surface area (Å²) in [7, 11) is 0. The van der Waals surface area contributed by atoms with Crippen LogP contribution in [-0.4, -0.2) is 55.8 Å². The number of hydrogen-bond donors (Lipinski definition) is 4. The van der Waals surface area contributed by atoms with Crippen LogP contribution in [0.15, 0.2) is 188 Å². The van der Waals surface area contributed by atoms with Crippen molar-refractivity contribution in [2.75, 3.05) is 6.61 Å². The van der Waals surface area contributed by atoms with Gasteiger partial charge in [-0.15, -0.1) is 0 Å². The van der Waals surface area contributed by atoms with Crippen molar-refractivity contribution < 1.29 is 30.0 Å². The molecule has 4 aromatic rings. The highest BCUT2D eigenvalue weighted by Gasteiger charge is 2.28. The van der Waals surface area contributed by atoms with E-state index < -0.39 is 5.97 Å². The first-order valence-electron chi connectivity index (χ1n) is 19.2. The molecule has 0 aliphatic carbocycles. The van der Waals surface area contributed by atoms with Gasteiger partial charge < -0.3 is 25.2 Å². The maximum atomic E-state index is 11.0. The van der Waals surface area contributed by atoms with E-state index in [0.717, 1.165) is 11.1 Å². The van der Waals surface area contributed by atoms with Crippen LogP contribution in [0.3, 0.4) is 0 Å². The number of phenols is 3. The Balaban J connectivity index is 1.29. The van der Waals surface area contributed by atoms with Crippen LogP contribution < -0.4 is 4.74 Å². The fourth-order valence-corrected chi connectivity index (χ4v) is 7.56. The second-order valence-corrected chi connectivity index (χ2v) is 14.2. The molecule has 0 amide bonds. The van der Waals surface area contributed by atoms with Gasteiger partial charge in [-0.2, -0.15) is 0 Å². The standard InChI is InChI=1S/C49H36N4O6/c54-33-11-3-7-29(25-33)46-37-16-18-39(50-37)47(30-8-4-12-34(55)26-30)41-20-22-43(52-41)49(32-10-6-14-36(28-32)59-24-2-1-15-45(57)58)44-23-21-42(53-44)48(40-19-17-38(46)51-40)31-9-5-13-35(56)27-31/h3-14,16-23,25-28,54-56H,1-2,15,24H2,(H,57,58). The lowest BCUT2D eigenvalue weighted by atomic mass is 9.98. The van der Waals surface area contributed by atoms with Crippen molar-refractivity contribution in [3.05, 3.63) is 191 Å². The van der Waals surface area contributed by atoms with Gasteiger partial charge in [-0.3, -0.25) is 4.79 Å². The normalized spacial score (nSPS) is 16.6. The van der Waals surface area contributed by atoms with Crippen molar-refractivity contribution >= 4 is 51.1 Å². The van der Waals surface area contributed by atoms with Crippen LogP contribution >= 0.6 is 0 Å². The molecule has 0 aromatic heterocycles. The van der Waals surface area contributed by atoms with Crippen LogP contribution in [0.2, 0.25) is 0 Å². The maximum absolute atomic E-state index is 11.0. The van der Waals surface area contributed by atoms with Crippen LogP contribution in [0.5, 0.6) is 23.0 Å². The molecule has 0 fully saturated rings. The first-order chi connectivity index (χ1) is 28.8. The minimum absolute atomic E-state index is 0.0840. The van der Waals surface area contributed by atoms with E-state index in [4.69, 9.17) is 29.8 Å². The van der Waals surface area contributed by atoms with Gasteiger partial charge >= 0.3 is 5.97 Å². The molecule has 0 unspecified atom stereocenters. The lowest BCUT2D eigenvalue weighted by Crippen LogP contribution is -2.04. The number of carboxylic acid groups (broad SMARTS) is 1. The summed E-state index contributed by atoms with van der Waals surface area (Å²) in [6, 6.07) is 28.7. The smallest absolute Gasteiger partial charge is 0.303 e. The summed E-state index contributed by atoms with van der Waals surface area (Å²) in [5.41, 5.74) is 10.8. The molecule has 0 saturated carbocycles. The highest BCUT2D eigenvalue weighted by atomic mass is 16.5. The number of aliphatic carboxylic acids is 1. The summed E-state index contributed by atoms with van der Waals surface area (Å²) in [5.74, 6) is 0.0831. The number of hydrogen-bond acceptors (Lipinski definition) is 9. The number of carboxylic acids is 1. The van der Waals surface area contributed by atoms with Gasteiger partial charge in [-0.1, -0.05) is 48.5 Å². The molecule has 9 rings (SSSR count). The Labute approximate surface area is 339 Å². The van der Waals surface area contributed by atoms with E-state index in [-0.39, 0.29) is 23.7 Å². The topological polar surface area (TPSA) is 157 Å². The van der Waals surface area contributed by atoms with Crippen molar-refractivity contribution in [1.29, 1.82) is 0 Å². The number of unbranched alkanes of at least 4 members (excludes halogenated alkanes) is 1. The minimum Gasteiger partial charge on any atom is -0.508 e. The average Bonchev–Trinajstić information content (AvgIpc) is 4.06. The molecule has 0 saturated heterocycles. The zero-order valence-corrected chi connectivity index (χ0v) is 31.6. The van der Waals surface area contributed by atoms with Crippen molar-refractivity contribution in [2.45, 2.75) is 19.3 Å². The highest BCUT2D eigenvalue weighted by Crippen LogP contribution is 2.40. The summed E-state index contributed by atoms with van der Waals surface area (Å²) in [6.07, 6.45) is 16.6. The van der Waals surface area contributed by atoms with Crippen LogP contribution in [-0.2, 0) is 4.79 Å². The van der Waals surface area contributed by atoms with Gasteiger partial charge in [-0.25, -0.2) is 20.0 Å². The SMILES string of the molecule is O=C(O)CCCCOc1cccc(C2=C3C=CC(=N3)C(c3cccc(O)c3)=C3C=CC(=N3)C(c3cccc(O)c3)=C3C=CC(=N3)C(c3cccc(O)c3)=C3C=CC2=N3)c1. The molecule has 5 heterocycles. The molecule has 0 atom stereocenters. The third kappa shape index (κ3) is 7.54. The van der Waals surface area contributed by atoms with Crippen molar-refractivity contribution in [1.82, 2.24) is 0 Å². The molecule has 4 N–H and O–H groups in total. The van der Waals surface area contributed by atoms with Crippen molar-refractivity contribution in [2.24, 2.45) is 20.0 Å². The van der Waals surface area contributed by atoms with Crippen molar-refractivity contribution in [3.63, 3.8) is 0 Å². The first-order valence-corrected chi connectivity index (χ1v) is 19.2. The number of carbonyl (C=O) groups is 1. The van der Waals surface area contributed by atoms with Crippen LogP contribution in [0.4, 0.5) is 0 Å². The summed E-state index contributed by atoms with van der Waals surface area (Å²) in [4.78, 5) is 31.9. The van der Waals surface area contributed by atoms with Gasteiger partial charge in [0.15, 0.2) is 0 Å². The van der Waals surface area contributed by atoms with Gasteiger partial charge in [0.1, 0.15) is 23.0 Å². The molecule has 10 nitrogen and oxygen atoms in total. The highest BCUT2D eigenvalue weighted by molar-refractivity contribution is 6.39. The molecule has 10 heteroatoms. The van der Waals surface area contributed by atoms with E-state index in [2.05, 4.69) is 0 Å². The van der Waals surface area contributed by atoms with E-state index in [0.29, 0.717) is 104 Å². The van der Waals surface area contributed by atoms with Gasteiger partial charge in [0, 0.05) is 28.7 Å². The van der Waals surface area contributed by atoms with Gasteiger partial charge in [-0.05, 0) is 132 Å². The lowest BCUT2D eigenvalue weighted by molar-refractivity contribution is -0.137.